The number of rotatable bonds is 12. The number of hydrogen-bond acceptors (Lipinski definition) is 10. The Balaban J connectivity index is 1.82. The predicted octanol–water partition coefficient (Wildman–Crippen LogP) is 2.64. The first kappa shape index (κ1) is 34.2. The van der Waals surface area contributed by atoms with Gasteiger partial charge in [-0.1, -0.05) is 30.3 Å². The average molecular weight is 612 g/mol. The lowest BCUT2D eigenvalue weighted by molar-refractivity contribution is -0.155. The van der Waals surface area contributed by atoms with Crippen molar-refractivity contribution in [2.75, 3.05) is 65.3 Å². The van der Waals surface area contributed by atoms with Crippen molar-refractivity contribution in [2.45, 2.75) is 52.2 Å². The maximum absolute atomic E-state index is 13.7. The van der Waals surface area contributed by atoms with E-state index in [1.165, 1.54) is 0 Å². The largest absolute Gasteiger partial charge is 0.460 e. The molecule has 3 rings (SSSR count). The lowest BCUT2D eigenvalue weighted by atomic mass is 10.1. The standard InChI is InChI=1S/C31H45N7O6/c1-7-43-30(42)38-19-17-37(18-20-38)29(41)23(13-14-26(39)44-31(2,3)4)34-28(40)24-21-25(32-15-16-36(5)6)35-27(33-24)22-11-9-8-10-12-22/h8-12,21,23H,7,13-20H2,1-6H3,(H,34,40)(H,32,33,35)/t23-/m0/s1. The summed E-state index contributed by atoms with van der Waals surface area (Å²) in [5.74, 6) is -0.577. The van der Waals surface area contributed by atoms with Gasteiger partial charge in [-0.15, -0.1) is 0 Å². The van der Waals surface area contributed by atoms with Crippen molar-refractivity contribution in [1.29, 1.82) is 0 Å². The van der Waals surface area contributed by atoms with E-state index in [1.807, 2.05) is 49.3 Å². The Bertz CT molecular complexity index is 1270. The van der Waals surface area contributed by atoms with Crippen LogP contribution in [0.2, 0.25) is 0 Å². The van der Waals surface area contributed by atoms with E-state index in [-0.39, 0.29) is 44.1 Å². The summed E-state index contributed by atoms with van der Waals surface area (Å²) in [6.45, 7) is 9.76. The lowest BCUT2D eigenvalue weighted by Crippen LogP contribution is -2.56. The second-order valence-corrected chi connectivity index (χ2v) is 11.7. The molecule has 1 aliphatic rings. The van der Waals surface area contributed by atoms with Crippen LogP contribution in [0.25, 0.3) is 11.4 Å². The highest BCUT2D eigenvalue weighted by atomic mass is 16.6. The van der Waals surface area contributed by atoms with Crippen LogP contribution in [0, 0.1) is 0 Å². The maximum Gasteiger partial charge on any atom is 0.409 e. The third-order valence-electron chi connectivity index (χ3n) is 6.63. The van der Waals surface area contributed by atoms with Gasteiger partial charge in [-0.3, -0.25) is 14.4 Å². The highest BCUT2D eigenvalue weighted by Gasteiger charge is 2.32. The molecule has 0 bridgehead atoms. The average Bonchev–Trinajstić information content (AvgIpc) is 2.98. The molecule has 44 heavy (non-hydrogen) atoms. The van der Waals surface area contributed by atoms with Crippen LogP contribution in [-0.2, 0) is 19.1 Å². The minimum absolute atomic E-state index is 0.0299. The minimum Gasteiger partial charge on any atom is -0.460 e. The molecule has 2 aromatic rings. The van der Waals surface area contributed by atoms with Crippen molar-refractivity contribution >= 4 is 29.7 Å². The number of amides is 3. The number of piperazine rings is 1. The predicted molar refractivity (Wildman–Crippen MR) is 166 cm³/mol. The summed E-state index contributed by atoms with van der Waals surface area (Å²) < 4.78 is 10.5. The van der Waals surface area contributed by atoms with Crippen LogP contribution < -0.4 is 10.6 Å². The first-order valence-electron chi connectivity index (χ1n) is 14.9. The fraction of sp³-hybridized carbons (Fsp3) is 0.548. The molecule has 0 spiro atoms. The lowest BCUT2D eigenvalue weighted by Gasteiger charge is -2.36. The summed E-state index contributed by atoms with van der Waals surface area (Å²) in [5, 5.41) is 6.06. The Morgan fingerprint density at radius 2 is 1.66 bits per heavy atom. The van der Waals surface area contributed by atoms with E-state index in [9.17, 15) is 19.2 Å². The van der Waals surface area contributed by atoms with E-state index in [0.29, 0.717) is 31.3 Å². The number of nitrogens with one attached hydrogen (secondary N) is 2. The Hall–Kier alpha value is -4.26. The van der Waals surface area contributed by atoms with Crippen LogP contribution in [0.1, 0.15) is 51.0 Å². The van der Waals surface area contributed by atoms with E-state index < -0.39 is 29.6 Å². The Labute approximate surface area is 259 Å². The van der Waals surface area contributed by atoms with Gasteiger partial charge >= 0.3 is 12.1 Å². The molecule has 2 N–H and O–H groups in total. The van der Waals surface area contributed by atoms with Gasteiger partial charge in [0.15, 0.2) is 5.82 Å². The van der Waals surface area contributed by atoms with Crippen LogP contribution in [-0.4, -0.2) is 120 Å². The van der Waals surface area contributed by atoms with Gasteiger partial charge in [0.05, 0.1) is 6.61 Å². The van der Waals surface area contributed by atoms with E-state index >= 15 is 0 Å². The Morgan fingerprint density at radius 1 is 1.00 bits per heavy atom. The van der Waals surface area contributed by atoms with Gasteiger partial charge in [0.25, 0.3) is 5.91 Å². The molecule has 1 fully saturated rings. The molecule has 1 saturated heterocycles. The number of likely N-dealkylation sites (N-methyl/N-ethyl adjacent to an activating group) is 1. The van der Waals surface area contributed by atoms with Crippen molar-refractivity contribution < 1.29 is 28.7 Å². The zero-order valence-corrected chi connectivity index (χ0v) is 26.6. The molecule has 1 aromatic carbocycles. The SMILES string of the molecule is CCOC(=O)N1CCN(C(=O)[C@H](CCC(=O)OC(C)(C)C)NC(=O)c2cc(NCCN(C)C)nc(-c3ccccc3)n2)CC1. The summed E-state index contributed by atoms with van der Waals surface area (Å²) in [5.41, 5.74) is 0.122. The van der Waals surface area contributed by atoms with Gasteiger partial charge in [-0.25, -0.2) is 14.8 Å². The molecule has 0 radical (unpaired) electrons. The number of benzene rings is 1. The fourth-order valence-corrected chi connectivity index (χ4v) is 4.47. The van der Waals surface area contributed by atoms with Gasteiger partial charge in [-0.05, 0) is 48.2 Å². The minimum atomic E-state index is -1.02. The first-order valence-corrected chi connectivity index (χ1v) is 14.9. The highest BCUT2D eigenvalue weighted by molar-refractivity contribution is 5.97. The number of carbonyl (C=O) groups is 4. The number of carbonyl (C=O) groups excluding carboxylic acids is 4. The van der Waals surface area contributed by atoms with Crippen LogP contribution in [0.3, 0.4) is 0 Å². The number of nitrogens with zero attached hydrogens (tertiary/aromatic N) is 5. The fourth-order valence-electron chi connectivity index (χ4n) is 4.47. The van der Waals surface area contributed by atoms with Crippen molar-refractivity contribution in [3.05, 3.63) is 42.1 Å². The van der Waals surface area contributed by atoms with E-state index in [0.717, 1.165) is 12.1 Å². The number of anilines is 1. The van der Waals surface area contributed by atoms with Crippen molar-refractivity contribution in [3.63, 3.8) is 0 Å². The topological polar surface area (TPSA) is 146 Å². The van der Waals surface area contributed by atoms with Gasteiger partial charge in [0.2, 0.25) is 5.91 Å². The summed E-state index contributed by atoms with van der Waals surface area (Å²) in [7, 11) is 3.92. The number of aromatic nitrogens is 2. The van der Waals surface area contributed by atoms with Crippen molar-refractivity contribution in [1.82, 2.24) is 30.0 Å². The van der Waals surface area contributed by atoms with Crippen LogP contribution in [0.4, 0.5) is 10.6 Å². The van der Waals surface area contributed by atoms with E-state index in [4.69, 9.17) is 9.47 Å². The molecule has 0 unspecified atom stereocenters. The second kappa shape index (κ2) is 16.0. The van der Waals surface area contributed by atoms with Crippen LogP contribution in [0.5, 0.6) is 0 Å². The van der Waals surface area contributed by atoms with Gasteiger partial charge in [0, 0.05) is 57.3 Å². The zero-order chi connectivity index (χ0) is 32.3. The van der Waals surface area contributed by atoms with Crippen molar-refractivity contribution in [2.24, 2.45) is 0 Å². The van der Waals surface area contributed by atoms with Crippen LogP contribution in [0.15, 0.2) is 36.4 Å². The summed E-state index contributed by atoms with van der Waals surface area (Å²) >= 11 is 0. The monoisotopic (exact) mass is 611 g/mol. The quantitative estimate of drug-likeness (QED) is 0.344. The van der Waals surface area contributed by atoms with E-state index in [2.05, 4.69) is 20.6 Å². The second-order valence-electron chi connectivity index (χ2n) is 11.7. The molecule has 1 aliphatic heterocycles. The zero-order valence-electron chi connectivity index (χ0n) is 26.6. The molecule has 2 heterocycles. The molecule has 13 nitrogen and oxygen atoms in total. The van der Waals surface area contributed by atoms with E-state index in [1.54, 1.807) is 43.6 Å². The highest BCUT2D eigenvalue weighted by Crippen LogP contribution is 2.19. The van der Waals surface area contributed by atoms with Gasteiger partial charge < -0.3 is 34.8 Å². The molecule has 0 saturated carbocycles. The third kappa shape index (κ3) is 10.8. The van der Waals surface area contributed by atoms with Gasteiger partial charge in [-0.2, -0.15) is 0 Å². The maximum atomic E-state index is 13.7. The Kier molecular flexibility index (Phi) is 12.4. The first-order chi connectivity index (χ1) is 20.9. The summed E-state index contributed by atoms with van der Waals surface area (Å²) in [6.07, 6.45) is -0.475. The Morgan fingerprint density at radius 3 is 2.27 bits per heavy atom. The van der Waals surface area contributed by atoms with Crippen molar-refractivity contribution in [3.8, 4) is 11.4 Å². The van der Waals surface area contributed by atoms with Gasteiger partial charge in [0.1, 0.15) is 23.2 Å². The molecular formula is C31H45N7O6. The summed E-state index contributed by atoms with van der Waals surface area (Å²) in [6, 6.07) is 9.82. The molecule has 0 aliphatic carbocycles. The molecule has 1 aromatic heterocycles. The number of esters is 1. The molecule has 1 atom stereocenters. The number of hydrogen-bond donors (Lipinski definition) is 2. The molecule has 240 valence electrons. The normalized spacial score (nSPS) is 14.2. The smallest absolute Gasteiger partial charge is 0.409 e. The third-order valence-corrected chi connectivity index (χ3v) is 6.63. The van der Waals surface area contributed by atoms with Crippen LogP contribution >= 0.6 is 0 Å². The molecule has 13 heteroatoms. The number of ether oxygens (including phenoxy) is 2. The molecular weight excluding hydrogens is 566 g/mol. The summed E-state index contributed by atoms with van der Waals surface area (Å²) in [4.78, 5) is 66.3. The molecule has 3 amide bonds.